The first-order chi connectivity index (χ1) is 8.00. The van der Waals surface area contributed by atoms with Crippen molar-refractivity contribution in [3.8, 4) is 0 Å². The van der Waals surface area contributed by atoms with E-state index in [2.05, 4.69) is 15.5 Å². The van der Waals surface area contributed by atoms with Crippen molar-refractivity contribution in [1.82, 2.24) is 20.2 Å². The van der Waals surface area contributed by atoms with Crippen molar-refractivity contribution >= 4 is 11.9 Å². The fourth-order valence-corrected chi connectivity index (χ4v) is 2.05. The molecule has 7 nitrogen and oxygen atoms in total. The summed E-state index contributed by atoms with van der Waals surface area (Å²) in [5.74, 6) is 0.539. The Bertz CT molecular complexity index is 409. The molecule has 0 aliphatic heterocycles. The van der Waals surface area contributed by atoms with E-state index in [9.17, 15) is 4.79 Å². The number of carbonyl (C=O) groups excluding carboxylic acids is 1. The quantitative estimate of drug-likeness (QED) is 0.794. The van der Waals surface area contributed by atoms with Crippen LogP contribution in [0.3, 0.4) is 0 Å². The van der Waals surface area contributed by atoms with Gasteiger partial charge in [0.05, 0.1) is 6.04 Å². The fourth-order valence-electron chi connectivity index (χ4n) is 2.05. The molecular formula is C10H18N6O. The Balaban J connectivity index is 2.04. The van der Waals surface area contributed by atoms with Crippen molar-refractivity contribution in [1.29, 1.82) is 0 Å². The molecule has 94 valence electrons. The summed E-state index contributed by atoms with van der Waals surface area (Å²) in [5.41, 5.74) is 5.25. The first-order valence-electron chi connectivity index (χ1n) is 5.80. The largest absolute Gasteiger partial charge is 0.369 e. The Morgan fingerprint density at radius 3 is 2.71 bits per heavy atom. The summed E-state index contributed by atoms with van der Waals surface area (Å²) < 4.78 is 1.78. The van der Waals surface area contributed by atoms with E-state index < -0.39 is 0 Å². The van der Waals surface area contributed by atoms with Crippen LogP contribution in [0.2, 0.25) is 0 Å². The number of tetrazole rings is 1. The highest BCUT2D eigenvalue weighted by molar-refractivity contribution is 5.78. The minimum atomic E-state index is -0.210. The molecule has 1 aromatic heterocycles. The second-order valence-corrected chi connectivity index (χ2v) is 4.85. The van der Waals surface area contributed by atoms with Gasteiger partial charge >= 0.3 is 0 Å². The lowest BCUT2D eigenvalue weighted by Crippen LogP contribution is -2.48. The molecule has 1 fully saturated rings. The van der Waals surface area contributed by atoms with Gasteiger partial charge in [-0.05, 0) is 37.1 Å². The summed E-state index contributed by atoms with van der Waals surface area (Å²) in [6, 6.07) is 0.519. The van der Waals surface area contributed by atoms with Crippen LogP contribution in [0.25, 0.3) is 0 Å². The SMILES string of the molecule is CC(C)n1nnnc1N(C)C1CC(C(N)=O)C1. The van der Waals surface area contributed by atoms with Gasteiger partial charge in [-0.2, -0.15) is 0 Å². The summed E-state index contributed by atoms with van der Waals surface area (Å²) >= 11 is 0. The maximum absolute atomic E-state index is 11.0. The normalized spacial score (nSPS) is 23.5. The molecule has 1 aliphatic carbocycles. The second-order valence-electron chi connectivity index (χ2n) is 4.85. The zero-order valence-electron chi connectivity index (χ0n) is 10.4. The highest BCUT2D eigenvalue weighted by atomic mass is 16.1. The van der Waals surface area contributed by atoms with Gasteiger partial charge in [-0.25, -0.2) is 4.68 Å². The van der Waals surface area contributed by atoms with Gasteiger partial charge in [0, 0.05) is 19.0 Å². The molecule has 0 atom stereocenters. The van der Waals surface area contributed by atoms with Crippen LogP contribution in [-0.4, -0.2) is 39.2 Å². The molecule has 1 saturated carbocycles. The molecule has 17 heavy (non-hydrogen) atoms. The molecule has 1 heterocycles. The van der Waals surface area contributed by atoms with Crippen LogP contribution >= 0.6 is 0 Å². The minimum Gasteiger partial charge on any atom is -0.369 e. The average Bonchev–Trinajstić information content (AvgIpc) is 2.62. The molecule has 2 rings (SSSR count). The number of carbonyl (C=O) groups is 1. The molecule has 7 heteroatoms. The van der Waals surface area contributed by atoms with Crippen LogP contribution in [0.5, 0.6) is 0 Å². The third-order valence-electron chi connectivity index (χ3n) is 3.34. The maximum atomic E-state index is 11.0. The van der Waals surface area contributed by atoms with Gasteiger partial charge in [0.25, 0.3) is 0 Å². The van der Waals surface area contributed by atoms with Crippen LogP contribution in [0.1, 0.15) is 32.7 Å². The number of rotatable bonds is 4. The molecule has 0 saturated heterocycles. The van der Waals surface area contributed by atoms with E-state index in [-0.39, 0.29) is 17.9 Å². The smallest absolute Gasteiger partial charge is 0.245 e. The summed E-state index contributed by atoms with van der Waals surface area (Å²) in [7, 11) is 1.95. The number of hydrogen-bond acceptors (Lipinski definition) is 5. The lowest BCUT2D eigenvalue weighted by atomic mass is 9.79. The Labute approximate surface area is 100.0 Å². The van der Waals surface area contributed by atoms with Crippen LogP contribution < -0.4 is 10.6 Å². The van der Waals surface area contributed by atoms with Crippen LogP contribution in [0.4, 0.5) is 5.95 Å². The van der Waals surface area contributed by atoms with E-state index in [1.165, 1.54) is 0 Å². The standard InChI is InChI=1S/C10H18N6O/c1-6(2)16-10(12-13-14-16)15(3)8-4-7(5-8)9(11)17/h6-8H,4-5H2,1-3H3,(H2,11,17). The summed E-state index contributed by atoms with van der Waals surface area (Å²) in [6.07, 6.45) is 1.58. The van der Waals surface area contributed by atoms with Crippen molar-refractivity contribution in [2.45, 2.75) is 38.8 Å². The lowest BCUT2D eigenvalue weighted by Gasteiger charge is -2.39. The van der Waals surface area contributed by atoms with E-state index in [1.54, 1.807) is 4.68 Å². The number of anilines is 1. The third kappa shape index (κ3) is 2.09. The van der Waals surface area contributed by atoms with Crippen LogP contribution in [-0.2, 0) is 4.79 Å². The Morgan fingerprint density at radius 2 is 2.18 bits per heavy atom. The van der Waals surface area contributed by atoms with E-state index in [0.717, 1.165) is 18.8 Å². The Hall–Kier alpha value is -1.66. The third-order valence-corrected chi connectivity index (χ3v) is 3.34. The van der Waals surface area contributed by atoms with Crippen molar-refractivity contribution in [2.24, 2.45) is 11.7 Å². The maximum Gasteiger partial charge on any atom is 0.245 e. The Kier molecular flexibility index (Phi) is 2.99. The fraction of sp³-hybridized carbons (Fsp3) is 0.800. The van der Waals surface area contributed by atoms with Gasteiger partial charge in [0.1, 0.15) is 0 Å². The van der Waals surface area contributed by atoms with Crippen LogP contribution in [0, 0.1) is 5.92 Å². The van der Waals surface area contributed by atoms with E-state index in [1.807, 2.05) is 25.8 Å². The number of nitrogens with two attached hydrogens (primary N) is 1. The number of primary amides is 1. The van der Waals surface area contributed by atoms with Crippen molar-refractivity contribution in [2.75, 3.05) is 11.9 Å². The van der Waals surface area contributed by atoms with Gasteiger partial charge < -0.3 is 10.6 Å². The molecule has 1 amide bonds. The zero-order valence-corrected chi connectivity index (χ0v) is 10.4. The zero-order chi connectivity index (χ0) is 12.6. The molecular weight excluding hydrogens is 220 g/mol. The van der Waals surface area contributed by atoms with E-state index >= 15 is 0 Å². The predicted octanol–water partition coefficient (Wildman–Crippen LogP) is -0.0459. The van der Waals surface area contributed by atoms with Gasteiger partial charge in [0.15, 0.2) is 0 Å². The van der Waals surface area contributed by atoms with Crippen molar-refractivity contribution in [3.63, 3.8) is 0 Å². The van der Waals surface area contributed by atoms with Gasteiger partial charge in [-0.15, -0.1) is 0 Å². The van der Waals surface area contributed by atoms with E-state index in [0.29, 0.717) is 6.04 Å². The van der Waals surface area contributed by atoms with Crippen molar-refractivity contribution in [3.05, 3.63) is 0 Å². The molecule has 1 aromatic rings. The molecule has 0 bridgehead atoms. The summed E-state index contributed by atoms with van der Waals surface area (Å²) in [6.45, 7) is 4.06. The van der Waals surface area contributed by atoms with Crippen LogP contribution in [0.15, 0.2) is 0 Å². The van der Waals surface area contributed by atoms with Crippen molar-refractivity contribution < 1.29 is 4.79 Å². The molecule has 2 N–H and O–H groups in total. The van der Waals surface area contributed by atoms with Gasteiger partial charge in [0.2, 0.25) is 11.9 Å². The van der Waals surface area contributed by atoms with E-state index in [4.69, 9.17) is 5.73 Å². The minimum absolute atomic E-state index is 0.00540. The molecule has 0 radical (unpaired) electrons. The summed E-state index contributed by atoms with van der Waals surface area (Å²) in [4.78, 5) is 13.0. The highest BCUT2D eigenvalue weighted by Crippen LogP contribution is 2.32. The molecule has 0 spiro atoms. The number of amides is 1. The number of aromatic nitrogens is 4. The summed E-state index contributed by atoms with van der Waals surface area (Å²) in [5, 5.41) is 11.7. The first kappa shape index (κ1) is 11.8. The Morgan fingerprint density at radius 1 is 1.53 bits per heavy atom. The topological polar surface area (TPSA) is 89.9 Å². The van der Waals surface area contributed by atoms with Gasteiger partial charge in [-0.1, -0.05) is 5.10 Å². The monoisotopic (exact) mass is 238 g/mol. The average molecular weight is 238 g/mol. The first-order valence-corrected chi connectivity index (χ1v) is 5.80. The predicted molar refractivity (Wildman–Crippen MR) is 62.3 cm³/mol. The highest BCUT2D eigenvalue weighted by Gasteiger charge is 2.37. The second kappa shape index (κ2) is 4.31. The van der Waals surface area contributed by atoms with Gasteiger partial charge in [-0.3, -0.25) is 4.79 Å². The lowest BCUT2D eigenvalue weighted by molar-refractivity contribution is -0.124. The number of hydrogen-bond donors (Lipinski definition) is 1. The molecule has 0 unspecified atom stereocenters. The number of nitrogens with zero attached hydrogens (tertiary/aromatic N) is 5. The molecule has 0 aromatic carbocycles. The molecule has 1 aliphatic rings.